The third-order valence-electron chi connectivity index (χ3n) is 3.37. The Morgan fingerprint density at radius 1 is 1.14 bits per heavy atom. The number of likely N-dealkylation sites (N-methyl/N-ethyl adjacent to an activating group) is 1. The number of aryl methyl sites for hydroxylation is 1. The molecule has 2 aromatic carbocycles. The normalized spacial score (nSPS) is 10.1. The van der Waals surface area contributed by atoms with Crippen molar-refractivity contribution < 1.29 is 14.3 Å². The molecule has 0 saturated heterocycles. The summed E-state index contributed by atoms with van der Waals surface area (Å²) >= 11 is 0. The standard InChI is InChI=1S/C18H21NO3/c1-14-7-6-8-15(13-14)22-12-11-19(2)18(20)16-9-4-5-10-17(16)21-3/h4-10,13H,11-12H2,1-3H3. The number of nitrogens with zero attached hydrogens (tertiary/aromatic N) is 1. The van der Waals surface area contributed by atoms with Gasteiger partial charge in [0.1, 0.15) is 18.1 Å². The molecular weight excluding hydrogens is 278 g/mol. The average Bonchev–Trinajstić information content (AvgIpc) is 2.54. The molecule has 0 aromatic heterocycles. The molecule has 0 radical (unpaired) electrons. The first-order chi connectivity index (χ1) is 10.6. The van der Waals surface area contributed by atoms with Crippen LogP contribution in [0.3, 0.4) is 0 Å². The number of benzene rings is 2. The van der Waals surface area contributed by atoms with Crippen molar-refractivity contribution in [2.24, 2.45) is 0 Å². The molecule has 0 fully saturated rings. The molecule has 0 atom stereocenters. The highest BCUT2D eigenvalue weighted by molar-refractivity contribution is 5.96. The van der Waals surface area contributed by atoms with Crippen LogP contribution in [0.1, 0.15) is 15.9 Å². The molecule has 0 bridgehead atoms. The van der Waals surface area contributed by atoms with Crippen LogP contribution in [-0.2, 0) is 0 Å². The van der Waals surface area contributed by atoms with Crippen LogP contribution in [0.15, 0.2) is 48.5 Å². The number of amides is 1. The largest absolute Gasteiger partial charge is 0.496 e. The van der Waals surface area contributed by atoms with Gasteiger partial charge in [0, 0.05) is 7.05 Å². The van der Waals surface area contributed by atoms with Crippen molar-refractivity contribution >= 4 is 5.91 Å². The van der Waals surface area contributed by atoms with Crippen molar-refractivity contribution in [2.45, 2.75) is 6.92 Å². The van der Waals surface area contributed by atoms with E-state index in [1.165, 1.54) is 0 Å². The highest BCUT2D eigenvalue weighted by Crippen LogP contribution is 2.19. The Kier molecular flexibility index (Phi) is 5.42. The van der Waals surface area contributed by atoms with Crippen LogP contribution in [0.2, 0.25) is 0 Å². The predicted molar refractivity (Wildman–Crippen MR) is 86.6 cm³/mol. The summed E-state index contributed by atoms with van der Waals surface area (Å²) in [6, 6.07) is 15.1. The number of carbonyl (C=O) groups is 1. The van der Waals surface area contributed by atoms with Crippen LogP contribution >= 0.6 is 0 Å². The Hall–Kier alpha value is -2.49. The van der Waals surface area contributed by atoms with Gasteiger partial charge in [0.2, 0.25) is 0 Å². The lowest BCUT2D eigenvalue weighted by Gasteiger charge is -2.19. The number of para-hydroxylation sites is 1. The summed E-state index contributed by atoms with van der Waals surface area (Å²) in [6.07, 6.45) is 0. The van der Waals surface area contributed by atoms with Gasteiger partial charge in [-0.1, -0.05) is 24.3 Å². The monoisotopic (exact) mass is 299 g/mol. The zero-order chi connectivity index (χ0) is 15.9. The minimum absolute atomic E-state index is 0.0784. The van der Waals surface area contributed by atoms with Crippen LogP contribution < -0.4 is 9.47 Å². The minimum Gasteiger partial charge on any atom is -0.496 e. The molecule has 2 rings (SSSR count). The Balaban J connectivity index is 1.91. The first-order valence-corrected chi connectivity index (χ1v) is 7.20. The van der Waals surface area contributed by atoms with Gasteiger partial charge in [0.05, 0.1) is 19.2 Å². The Morgan fingerprint density at radius 2 is 1.91 bits per heavy atom. The first-order valence-electron chi connectivity index (χ1n) is 7.20. The molecule has 2 aromatic rings. The van der Waals surface area contributed by atoms with Gasteiger partial charge in [0.25, 0.3) is 5.91 Å². The molecule has 0 aliphatic heterocycles. The number of carbonyl (C=O) groups excluding carboxylic acids is 1. The molecule has 0 spiro atoms. The van der Waals surface area contributed by atoms with Crippen molar-refractivity contribution in [1.29, 1.82) is 0 Å². The summed E-state index contributed by atoms with van der Waals surface area (Å²) in [4.78, 5) is 14.0. The number of rotatable bonds is 6. The van der Waals surface area contributed by atoms with Crippen molar-refractivity contribution in [1.82, 2.24) is 4.90 Å². The Morgan fingerprint density at radius 3 is 2.64 bits per heavy atom. The van der Waals surface area contributed by atoms with Gasteiger partial charge < -0.3 is 14.4 Å². The van der Waals surface area contributed by atoms with Crippen LogP contribution in [0.5, 0.6) is 11.5 Å². The number of hydrogen-bond donors (Lipinski definition) is 0. The van der Waals surface area contributed by atoms with Crippen molar-refractivity contribution in [2.75, 3.05) is 27.3 Å². The van der Waals surface area contributed by atoms with E-state index in [9.17, 15) is 4.79 Å². The summed E-state index contributed by atoms with van der Waals surface area (Å²) in [5.41, 5.74) is 1.71. The van der Waals surface area contributed by atoms with Crippen LogP contribution in [0.25, 0.3) is 0 Å². The fourth-order valence-electron chi connectivity index (χ4n) is 2.13. The number of methoxy groups -OCH3 is 1. The molecule has 0 aliphatic carbocycles. The summed E-state index contributed by atoms with van der Waals surface area (Å²) in [5.74, 6) is 1.32. The molecule has 0 N–H and O–H groups in total. The topological polar surface area (TPSA) is 38.8 Å². The van der Waals surface area contributed by atoms with Crippen molar-refractivity contribution in [3.05, 3.63) is 59.7 Å². The third kappa shape index (κ3) is 4.01. The van der Waals surface area contributed by atoms with Gasteiger partial charge in [-0.05, 0) is 36.8 Å². The second kappa shape index (κ2) is 7.50. The first kappa shape index (κ1) is 15.9. The molecule has 22 heavy (non-hydrogen) atoms. The predicted octanol–water partition coefficient (Wildman–Crippen LogP) is 3.15. The summed E-state index contributed by atoms with van der Waals surface area (Å²) < 4.78 is 10.9. The van der Waals surface area contributed by atoms with Crippen molar-refractivity contribution in [3.63, 3.8) is 0 Å². The lowest BCUT2D eigenvalue weighted by atomic mass is 10.2. The summed E-state index contributed by atoms with van der Waals surface area (Å²) in [6.45, 7) is 2.97. The SMILES string of the molecule is COc1ccccc1C(=O)N(C)CCOc1cccc(C)c1. The fourth-order valence-corrected chi connectivity index (χ4v) is 2.13. The highest BCUT2D eigenvalue weighted by Gasteiger charge is 2.15. The second-order valence-electron chi connectivity index (χ2n) is 5.09. The van der Waals surface area contributed by atoms with Gasteiger partial charge in [-0.3, -0.25) is 4.79 Å². The summed E-state index contributed by atoms with van der Waals surface area (Å²) in [5, 5.41) is 0. The van der Waals surface area contributed by atoms with Gasteiger partial charge >= 0.3 is 0 Å². The smallest absolute Gasteiger partial charge is 0.257 e. The van der Waals surface area contributed by atoms with E-state index in [1.54, 1.807) is 31.2 Å². The van der Waals surface area contributed by atoms with Gasteiger partial charge in [-0.25, -0.2) is 0 Å². The molecule has 4 heteroatoms. The number of ether oxygens (including phenoxy) is 2. The van der Waals surface area contributed by atoms with E-state index >= 15 is 0 Å². The molecule has 0 saturated carbocycles. The second-order valence-corrected chi connectivity index (χ2v) is 5.09. The molecule has 1 amide bonds. The van der Waals surface area contributed by atoms with Crippen molar-refractivity contribution in [3.8, 4) is 11.5 Å². The van der Waals surface area contributed by atoms with E-state index in [1.807, 2.05) is 43.3 Å². The maximum Gasteiger partial charge on any atom is 0.257 e. The fraction of sp³-hybridized carbons (Fsp3) is 0.278. The quantitative estimate of drug-likeness (QED) is 0.822. The third-order valence-corrected chi connectivity index (χ3v) is 3.37. The van der Waals surface area contributed by atoms with E-state index in [4.69, 9.17) is 9.47 Å². The van der Waals surface area contributed by atoms with E-state index in [-0.39, 0.29) is 5.91 Å². The van der Waals surface area contributed by atoms with Gasteiger partial charge in [-0.2, -0.15) is 0 Å². The molecular formula is C18H21NO3. The van der Waals surface area contributed by atoms with Gasteiger partial charge in [-0.15, -0.1) is 0 Å². The van der Waals surface area contributed by atoms with E-state index < -0.39 is 0 Å². The lowest BCUT2D eigenvalue weighted by molar-refractivity contribution is 0.0770. The average molecular weight is 299 g/mol. The zero-order valence-electron chi connectivity index (χ0n) is 13.2. The molecule has 116 valence electrons. The van der Waals surface area contributed by atoms with E-state index in [2.05, 4.69) is 0 Å². The Bertz CT molecular complexity index is 640. The minimum atomic E-state index is -0.0784. The lowest BCUT2D eigenvalue weighted by Crippen LogP contribution is -2.31. The van der Waals surface area contributed by atoms with E-state index in [0.717, 1.165) is 11.3 Å². The van der Waals surface area contributed by atoms with Crippen LogP contribution in [0, 0.1) is 6.92 Å². The molecule has 4 nitrogen and oxygen atoms in total. The zero-order valence-corrected chi connectivity index (χ0v) is 13.2. The highest BCUT2D eigenvalue weighted by atomic mass is 16.5. The van der Waals surface area contributed by atoms with Crippen LogP contribution in [0.4, 0.5) is 0 Å². The maximum atomic E-state index is 12.4. The van der Waals surface area contributed by atoms with Gasteiger partial charge in [0.15, 0.2) is 0 Å². The maximum absolute atomic E-state index is 12.4. The molecule has 0 unspecified atom stereocenters. The molecule has 0 heterocycles. The van der Waals surface area contributed by atoms with E-state index in [0.29, 0.717) is 24.5 Å². The molecule has 0 aliphatic rings. The van der Waals surface area contributed by atoms with Crippen LogP contribution in [-0.4, -0.2) is 38.1 Å². The summed E-state index contributed by atoms with van der Waals surface area (Å²) in [7, 11) is 3.32. The number of hydrogen-bond acceptors (Lipinski definition) is 3. The Labute approximate surface area is 131 Å².